The van der Waals surface area contributed by atoms with E-state index in [2.05, 4.69) is 43.6 Å². The molecule has 3 N–H and O–H groups in total. The molecule has 2 nitrogen and oxygen atoms in total. The summed E-state index contributed by atoms with van der Waals surface area (Å²) in [5, 5.41) is 5.81. The Morgan fingerprint density at radius 2 is 2.24 bits per heavy atom. The third-order valence-corrected chi connectivity index (χ3v) is 4.60. The van der Waals surface area contributed by atoms with Crippen molar-refractivity contribution in [3.05, 3.63) is 22.4 Å². The number of nitrogens with two attached hydrogens (primary N) is 1. The normalized spacial score (nSPS) is 16.7. The summed E-state index contributed by atoms with van der Waals surface area (Å²) in [5.41, 5.74) is 6.11. The van der Waals surface area contributed by atoms with Crippen LogP contribution in [0.15, 0.2) is 17.5 Å². The first-order chi connectivity index (χ1) is 8.15. The van der Waals surface area contributed by atoms with Gasteiger partial charge >= 0.3 is 0 Å². The van der Waals surface area contributed by atoms with E-state index in [1.807, 2.05) is 0 Å². The van der Waals surface area contributed by atoms with Crippen LogP contribution in [0, 0.1) is 5.92 Å². The molecule has 1 rings (SSSR count). The van der Waals surface area contributed by atoms with Crippen LogP contribution in [0.5, 0.6) is 0 Å². The Labute approximate surface area is 110 Å². The standard InChI is InChI=1S/C14H26N2S/c1-4-12(3)9-14(5-2,11-15)16-10-13-7-6-8-17-13/h6-8,12,16H,4-5,9-11,15H2,1-3H3. The maximum absolute atomic E-state index is 6.00. The molecule has 0 aliphatic carbocycles. The van der Waals surface area contributed by atoms with Crippen molar-refractivity contribution < 1.29 is 0 Å². The minimum absolute atomic E-state index is 0.111. The number of rotatable bonds is 8. The SMILES string of the molecule is CCC(C)CC(CC)(CN)NCc1cccs1. The third kappa shape index (κ3) is 4.41. The van der Waals surface area contributed by atoms with Gasteiger partial charge in [-0.1, -0.05) is 33.3 Å². The third-order valence-electron chi connectivity index (χ3n) is 3.72. The van der Waals surface area contributed by atoms with Gasteiger partial charge in [-0.05, 0) is 30.2 Å². The van der Waals surface area contributed by atoms with Crippen molar-refractivity contribution in [3.8, 4) is 0 Å². The van der Waals surface area contributed by atoms with Crippen LogP contribution in [0.25, 0.3) is 0 Å². The first kappa shape index (κ1) is 14.7. The fraction of sp³-hybridized carbons (Fsp3) is 0.714. The molecule has 2 unspecified atom stereocenters. The van der Waals surface area contributed by atoms with E-state index < -0.39 is 0 Å². The molecular formula is C14H26N2S. The van der Waals surface area contributed by atoms with Gasteiger partial charge in [-0.3, -0.25) is 0 Å². The van der Waals surface area contributed by atoms with E-state index in [0.717, 1.165) is 25.4 Å². The van der Waals surface area contributed by atoms with Crippen LogP contribution in [-0.4, -0.2) is 12.1 Å². The summed E-state index contributed by atoms with van der Waals surface area (Å²) in [6, 6.07) is 4.28. The molecule has 2 atom stereocenters. The zero-order valence-electron chi connectivity index (χ0n) is 11.3. The Hall–Kier alpha value is -0.380. The molecule has 98 valence electrons. The predicted molar refractivity (Wildman–Crippen MR) is 77.3 cm³/mol. The van der Waals surface area contributed by atoms with E-state index in [4.69, 9.17) is 5.73 Å². The minimum atomic E-state index is 0.111. The van der Waals surface area contributed by atoms with Gasteiger partial charge in [0, 0.05) is 23.5 Å². The second kappa shape index (κ2) is 7.14. The van der Waals surface area contributed by atoms with Gasteiger partial charge in [-0.25, -0.2) is 0 Å². The van der Waals surface area contributed by atoms with Gasteiger partial charge in [0.05, 0.1) is 0 Å². The Balaban J connectivity index is 2.57. The van der Waals surface area contributed by atoms with Crippen molar-refractivity contribution >= 4 is 11.3 Å². The summed E-state index contributed by atoms with van der Waals surface area (Å²) >= 11 is 1.81. The van der Waals surface area contributed by atoms with Crippen LogP contribution in [0.3, 0.4) is 0 Å². The van der Waals surface area contributed by atoms with Crippen molar-refractivity contribution in [3.63, 3.8) is 0 Å². The van der Waals surface area contributed by atoms with Crippen LogP contribution < -0.4 is 11.1 Å². The quantitative estimate of drug-likeness (QED) is 0.746. The highest BCUT2D eigenvalue weighted by Gasteiger charge is 2.27. The highest BCUT2D eigenvalue weighted by Crippen LogP contribution is 2.23. The molecule has 0 fully saturated rings. The lowest BCUT2D eigenvalue weighted by atomic mass is 9.84. The number of hydrogen-bond acceptors (Lipinski definition) is 3. The average Bonchev–Trinajstić information content (AvgIpc) is 2.87. The Morgan fingerprint density at radius 1 is 1.47 bits per heavy atom. The molecular weight excluding hydrogens is 228 g/mol. The molecule has 0 radical (unpaired) electrons. The molecule has 0 aliphatic rings. The highest BCUT2D eigenvalue weighted by atomic mass is 32.1. The molecule has 1 aromatic heterocycles. The topological polar surface area (TPSA) is 38.0 Å². The average molecular weight is 254 g/mol. The van der Waals surface area contributed by atoms with E-state index in [9.17, 15) is 0 Å². The monoisotopic (exact) mass is 254 g/mol. The summed E-state index contributed by atoms with van der Waals surface area (Å²) in [7, 11) is 0. The largest absolute Gasteiger partial charge is 0.329 e. The van der Waals surface area contributed by atoms with Gasteiger partial charge in [0.15, 0.2) is 0 Å². The van der Waals surface area contributed by atoms with Crippen LogP contribution in [0.1, 0.15) is 44.9 Å². The molecule has 0 aliphatic heterocycles. The highest BCUT2D eigenvalue weighted by molar-refractivity contribution is 7.09. The van der Waals surface area contributed by atoms with Crippen molar-refractivity contribution in [1.29, 1.82) is 0 Å². The van der Waals surface area contributed by atoms with E-state index in [1.165, 1.54) is 17.7 Å². The fourth-order valence-electron chi connectivity index (χ4n) is 2.14. The first-order valence-electron chi connectivity index (χ1n) is 6.63. The predicted octanol–water partition coefficient (Wildman–Crippen LogP) is 3.38. The van der Waals surface area contributed by atoms with Gasteiger partial charge in [0.1, 0.15) is 0 Å². The van der Waals surface area contributed by atoms with Crippen molar-refractivity contribution in [2.24, 2.45) is 11.7 Å². The Kier molecular flexibility index (Phi) is 6.17. The second-order valence-corrected chi connectivity index (χ2v) is 6.02. The van der Waals surface area contributed by atoms with Crippen molar-refractivity contribution in [2.45, 2.75) is 52.1 Å². The first-order valence-corrected chi connectivity index (χ1v) is 7.51. The minimum Gasteiger partial charge on any atom is -0.329 e. The lowest BCUT2D eigenvalue weighted by Gasteiger charge is -2.35. The smallest absolute Gasteiger partial charge is 0.0307 e. The molecule has 1 heterocycles. The van der Waals surface area contributed by atoms with Gasteiger partial charge < -0.3 is 11.1 Å². The van der Waals surface area contributed by atoms with Crippen LogP contribution in [0.2, 0.25) is 0 Å². The molecule has 0 aromatic carbocycles. The van der Waals surface area contributed by atoms with Crippen LogP contribution in [0.4, 0.5) is 0 Å². The lowest BCUT2D eigenvalue weighted by molar-refractivity contribution is 0.253. The van der Waals surface area contributed by atoms with Gasteiger partial charge in [-0.2, -0.15) is 0 Å². The van der Waals surface area contributed by atoms with E-state index in [-0.39, 0.29) is 5.54 Å². The van der Waals surface area contributed by atoms with Crippen molar-refractivity contribution in [2.75, 3.05) is 6.54 Å². The molecule has 0 saturated carbocycles. The molecule has 1 aromatic rings. The summed E-state index contributed by atoms with van der Waals surface area (Å²) in [5.74, 6) is 0.731. The second-order valence-electron chi connectivity index (χ2n) is 4.99. The van der Waals surface area contributed by atoms with E-state index >= 15 is 0 Å². The van der Waals surface area contributed by atoms with E-state index in [1.54, 1.807) is 11.3 Å². The fourth-order valence-corrected chi connectivity index (χ4v) is 2.79. The van der Waals surface area contributed by atoms with Crippen LogP contribution >= 0.6 is 11.3 Å². The van der Waals surface area contributed by atoms with E-state index in [0.29, 0.717) is 0 Å². The summed E-state index contributed by atoms with van der Waals surface area (Å²) < 4.78 is 0. The zero-order chi connectivity index (χ0) is 12.7. The lowest BCUT2D eigenvalue weighted by Crippen LogP contribution is -2.51. The van der Waals surface area contributed by atoms with Gasteiger partial charge in [0.25, 0.3) is 0 Å². The number of thiophene rings is 1. The van der Waals surface area contributed by atoms with Gasteiger partial charge in [0.2, 0.25) is 0 Å². The molecule has 0 amide bonds. The summed E-state index contributed by atoms with van der Waals surface area (Å²) in [6.07, 6.45) is 3.49. The van der Waals surface area contributed by atoms with Crippen LogP contribution in [-0.2, 0) is 6.54 Å². The Bertz CT molecular complexity index is 291. The molecule has 3 heteroatoms. The molecule has 0 saturated heterocycles. The maximum atomic E-state index is 6.00. The number of nitrogens with one attached hydrogen (secondary N) is 1. The summed E-state index contributed by atoms with van der Waals surface area (Å²) in [4.78, 5) is 1.39. The molecule has 17 heavy (non-hydrogen) atoms. The molecule has 0 spiro atoms. The molecule has 0 bridgehead atoms. The number of hydrogen-bond donors (Lipinski definition) is 2. The van der Waals surface area contributed by atoms with Gasteiger partial charge in [-0.15, -0.1) is 11.3 Å². The summed E-state index contributed by atoms with van der Waals surface area (Å²) in [6.45, 7) is 8.46. The zero-order valence-corrected chi connectivity index (χ0v) is 12.1. The van der Waals surface area contributed by atoms with Crippen molar-refractivity contribution in [1.82, 2.24) is 5.32 Å². The maximum Gasteiger partial charge on any atom is 0.0307 e. The Morgan fingerprint density at radius 3 is 2.71 bits per heavy atom.